The second-order valence-electron chi connectivity index (χ2n) is 5.31. The molecule has 5 heteroatoms. The van der Waals surface area contributed by atoms with E-state index in [9.17, 15) is 13.2 Å². The van der Waals surface area contributed by atoms with Crippen LogP contribution in [0.25, 0.3) is 0 Å². The average molecular weight is 278 g/mol. The maximum Gasteiger partial charge on any atom is 0.233 e. The van der Waals surface area contributed by atoms with Crippen LogP contribution in [0.2, 0.25) is 0 Å². The molecular formula is C14H16NO3S. The van der Waals surface area contributed by atoms with Gasteiger partial charge in [0, 0.05) is 13.1 Å². The highest BCUT2D eigenvalue weighted by Crippen LogP contribution is 2.49. The first-order valence-corrected chi connectivity index (χ1v) is 8.32. The first kappa shape index (κ1) is 12.7. The third-order valence-electron chi connectivity index (χ3n) is 4.06. The highest BCUT2D eigenvalue weighted by Gasteiger charge is 2.53. The second kappa shape index (κ2) is 4.34. The Balaban J connectivity index is 1.78. The van der Waals surface area contributed by atoms with Gasteiger partial charge in [-0.2, -0.15) is 0 Å². The molecule has 1 amide bonds. The van der Waals surface area contributed by atoms with Crippen molar-refractivity contribution in [3.05, 3.63) is 35.9 Å². The maximum absolute atomic E-state index is 12.6. The van der Waals surface area contributed by atoms with Crippen molar-refractivity contribution in [2.45, 2.75) is 18.3 Å². The normalized spacial score (nSPS) is 23.9. The van der Waals surface area contributed by atoms with Crippen LogP contribution < -0.4 is 0 Å². The molecule has 0 aromatic heterocycles. The van der Waals surface area contributed by atoms with Gasteiger partial charge in [0.1, 0.15) is 0 Å². The van der Waals surface area contributed by atoms with Crippen LogP contribution >= 0.6 is 0 Å². The third kappa shape index (κ3) is 2.27. The van der Waals surface area contributed by atoms with E-state index in [-0.39, 0.29) is 17.4 Å². The molecule has 1 saturated carbocycles. The van der Waals surface area contributed by atoms with Gasteiger partial charge >= 0.3 is 0 Å². The number of hydrogen-bond donors (Lipinski definition) is 0. The molecule has 19 heavy (non-hydrogen) atoms. The van der Waals surface area contributed by atoms with Crippen LogP contribution in [0.5, 0.6) is 0 Å². The molecule has 1 aromatic rings. The van der Waals surface area contributed by atoms with Crippen molar-refractivity contribution in [2.75, 3.05) is 24.6 Å². The predicted octanol–water partition coefficient (Wildman–Crippen LogP) is 0.775. The quantitative estimate of drug-likeness (QED) is 0.803. The summed E-state index contributed by atoms with van der Waals surface area (Å²) in [5.74, 6) is 0.281. The minimum absolute atomic E-state index is 0.0913. The van der Waals surface area contributed by atoms with Crippen molar-refractivity contribution < 1.29 is 13.2 Å². The zero-order valence-electron chi connectivity index (χ0n) is 10.6. The summed E-state index contributed by atoms with van der Waals surface area (Å²) in [7, 11) is -2.94. The van der Waals surface area contributed by atoms with E-state index < -0.39 is 15.3 Å². The van der Waals surface area contributed by atoms with Crippen LogP contribution in [0.15, 0.2) is 24.3 Å². The number of sulfone groups is 1. The second-order valence-corrected chi connectivity index (χ2v) is 7.62. The summed E-state index contributed by atoms with van der Waals surface area (Å²) < 4.78 is 22.8. The van der Waals surface area contributed by atoms with Gasteiger partial charge in [0.2, 0.25) is 5.91 Å². The van der Waals surface area contributed by atoms with Crippen LogP contribution in [0.4, 0.5) is 0 Å². The van der Waals surface area contributed by atoms with E-state index in [2.05, 4.69) is 6.07 Å². The Morgan fingerprint density at radius 3 is 2.26 bits per heavy atom. The topological polar surface area (TPSA) is 54.5 Å². The molecule has 1 aliphatic carbocycles. The lowest BCUT2D eigenvalue weighted by atomic mass is 9.94. The van der Waals surface area contributed by atoms with Crippen molar-refractivity contribution in [2.24, 2.45) is 0 Å². The zero-order chi connectivity index (χ0) is 13.5. The third-order valence-corrected chi connectivity index (χ3v) is 5.67. The Morgan fingerprint density at radius 2 is 1.74 bits per heavy atom. The molecule has 1 aliphatic heterocycles. The molecule has 0 bridgehead atoms. The van der Waals surface area contributed by atoms with Crippen LogP contribution in [0.3, 0.4) is 0 Å². The van der Waals surface area contributed by atoms with E-state index in [0.29, 0.717) is 13.1 Å². The molecule has 101 valence electrons. The minimum Gasteiger partial charge on any atom is -0.340 e. The van der Waals surface area contributed by atoms with E-state index in [4.69, 9.17) is 0 Å². The van der Waals surface area contributed by atoms with Gasteiger partial charge in [-0.1, -0.05) is 24.3 Å². The Hall–Kier alpha value is -1.36. The fourth-order valence-electron chi connectivity index (χ4n) is 2.68. The SMILES string of the molecule is O=C(N1CCS(=O)(=O)CC1)C1(c2cc[c]cc2)CC1. The highest BCUT2D eigenvalue weighted by molar-refractivity contribution is 7.91. The van der Waals surface area contributed by atoms with Crippen molar-refractivity contribution in [3.63, 3.8) is 0 Å². The lowest BCUT2D eigenvalue weighted by Gasteiger charge is -2.30. The molecular weight excluding hydrogens is 262 g/mol. The Kier molecular flexibility index (Phi) is 2.89. The fourth-order valence-corrected chi connectivity index (χ4v) is 3.88. The number of carbonyl (C=O) groups excluding carboxylic acids is 1. The van der Waals surface area contributed by atoms with Crippen LogP contribution in [-0.4, -0.2) is 43.8 Å². The smallest absolute Gasteiger partial charge is 0.233 e. The monoisotopic (exact) mass is 278 g/mol. The van der Waals surface area contributed by atoms with Gasteiger partial charge in [0.25, 0.3) is 0 Å². The molecule has 1 aromatic carbocycles. The molecule has 0 atom stereocenters. The molecule has 3 rings (SSSR count). The molecule has 2 aliphatic rings. The molecule has 0 N–H and O–H groups in total. The summed E-state index contributed by atoms with van der Waals surface area (Å²) in [5, 5.41) is 0. The summed E-state index contributed by atoms with van der Waals surface area (Å²) in [6.45, 7) is 0.670. The lowest BCUT2D eigenvalue weighted by molar-refractivity contribution is -0.133. The Morgan fingerprint density at radius 1 is 1.16 bits per heavy atom. The largest absolute Gasteiger partial charge is 0.340 e. The van der Waals surface area contributed by atoms with Gasteiger partial charge in [0.15, 0.2) is 9.84 Å². The summed E-state index contributed by atoms with van der Waals surface area (Å²) in [6.07, 6.45) is 1.72. The molecule has 1 radical (unpaired) electrons. The van der Waals surface area contributed by atoms with Crippen molar-refractivity contribution in [1.29, 1.82) is 0 Å². The molecule has 0 unspecified atom stereocenters. The van der Waals surface area contributed by atoms with Crippen molar-refractivity contribution in [1.82, 2.24) is 4.90 Å². The number of nitrogens with zero attached hydrogens (tertiary/aromatic N) is 1. The van der Waals surface area contributed by atoms with Gasteiger partial charge in [-0.25, -0.2) is 8.42 Å². The summed E-state index contributed by atoms with van der Waals surface area (Å²) in [6, 6.07) is 10.5. The van der Waals surface area contributed by atoms with Gasteiger partial charge < -0.3 is 4.90 Å². The van der Waals surface area contributed by atoms with Crippen molar-refractivity contribution >= 4 is 15.7 Å². The lowest BCUT2D eigenvalue weighted by Crippen LogP contribution is -2.47. The molecule has 4 nitrogen and oxygen atoms in total. The van der Waals surface area contributed by atoms with E-state index in [1.807, 2.05) is 24.3 Å². The van der Waals surface area contributed by atoms with Crippen LogP contribution in [0, 0.1) is 6.07 Å². The van der Waals surface area contributed by atoms with E-state index in [1.165, 1.54) is 0 Å². The minimum atomic E-state index is -2.94. The number of benzene rings is 1. The average Bonchev–Trinajstić information content (AvgIpc) is 3.20. The molecule has 2 fully saturated rings. The fraction of sp³-hybridized carbons (Fsp3) is 0.500. The number of hydrogen-bond acceptors (Lipinski definition) is 3. The zero-order valence-corrected chi connectivity index (χ0v) is 11.4. The number of rotatable bonds is 2. The first-order valence-electron chi connectivity index (χ1n) is 6.50. The maximum atomic E-state index is 12.6. The van der Waals surface area contributed by atoms with E-state index >= 15 is 0 Å². The van der Waals surface area contributed by atoms with Crippen LogP contribution in [0.1, 0.15) is 18.4 Å². The first-order chi connectivity index (χ1) is 9.04. The van der Waals surface area contributed by atoms with Gasteiger partial charge in [-0.3, -0.25) is 4.79 Å². The summed E-state index contributed by atoms with van der Waals surface area (Å²) >= 11 is 0. The summed E-state index contributed by atoms with van der Waals surface area (Å²) in [4.78, 5) is 14.3. The van der Waals surface area contributed by atoms with Gasteiger partial charge in [-0.05, 0) is 24.5 Å². The molecule has 1 saturated heterocycles. The van der Waals surface area contributed by atoms with Gasteiger partial charge in [-0.15, -0.1) is 0 Å². The Labute approximate surface area is 113 Å². The highest BCUT2D eigenvalue weighted by atomic mass is 32.2. The predicted molar refractivity (Wildman–Crippen MR) is 71.4 cm³/mol. The molecule has 0 spiro atoms. The molecule has 1 heterocycles. The summed E-state index contributed by atoms with van der Waals surface area (Å²) in [5.41, 5.74) is 0.639. The Bertz CT molecular complexity index is 576. The number of amides is 1. The van der Waals surface area contributed by atoms with Crippen LogP contribution in [-0.2, 0) is 20.0 Å². The standard InChI is InChI=1S/C14H16NO3S/c16-13(15-8-10-19(17,18)11-9-15)14(6-7-14)12-4-2-1-3-5-12/h2-5H,6-11H2. The van der Waals surface area contributed by atoms with E-state index in [1.54, 1.807) is 4.90 Å². The van der Waals surface area contributed by atoms with Crippen molar-refractivity contribution in [3.8, 4) is 0 Å². The van der Waals surface area contributed by atoms with E-state index in [0.717, 1.165) is 18.4 Å². The number of carbonyl (C=O) groups is 1. The van der Waals surface area contributed by atoms with Gasteiger partial charge in [0.05, 0.1) is 16.9 Å².